The lowest BCUT2D eigenvalue weighted by Gasteiger charge is -2.20. The van der Waals surface area contributed by atoms with Gasteiger partial charge in [0.1, 0.15) is 23.9 Å². The molecule has 0 aliphatic heterocycles. The number of benzene rings is 1. The molecule has 0 aliphatic carbocycles. The number of primary amides is 1. The van der Waals surface area contributed by atoms with E-state index in [1.165, 1.54) is 24.3 Å². The molecule has 13 heteroatoms. The molecule has 0 saturated carbocycles. The fourth-order valence-corrected chi connectivity index (χ4v) is 2.52. The van der Waals surface area contributed by atoms with E-state index in [9.17, 15) is 34.2 Å². The second-order valence-corrected chi connectivity index (χ2v) is 6.90. The van der Waals surface area contributed by atoms with Crippen LogP contribution < -0.4 is 27.4 Å². The Morgan fingerprint density at radius 2 is 1.59 bits per heavy atom. The molecule has 0 fully saturated rings. The molecule has 0 aromatic heterocycles. The van der Waals surface area contributed by atoms with Gasteiger partial charge in [-0.05, 0) is 24.1 Å². The maximum atomic E-state index is 12.3. The summed E-state index contributed by atoms with van der Waals surface area (Å²) in [6.07, 6.45) is -0.483. The van der Waals surface area contributed by atoms with Crippen molar-refractivity contribution in [2.75, 3.05) is 13.2 Å². The number of phenolic OH excluding ortho intramolecular Hbond substituents is 1. The van der Waals surface area contributed by atoms with Crippen molar-refractivity contribution in [1.82, 2.24) is 16.0 Å². The minimum atomic E-state index is -1.30. The molecular formula is C19H27N5O8. The topological polar surface area (TPSA) is 234 Å². The summed E-state index contributed by atoms with van der Waals surface area (Å²) in [4.78, 5) is 58.8. The van der Waals surface area contributed by atoms with Crippen LogP contribution >= 0.6 is 0 Å². The Bertz CT molecular complexity index is 830. The number of carboxylic acids is 1. The molecule has 32 heavy (non-hydrogen) atoms. The number of carbonyl (C=O) groups excluding carboxylic acids is 4. The number of carboxylic acid groups (broad SMARTS) is 1. The second kappa shape index (κ2) is 12.9. The van der Waals surface area contributed by atoms with Gasteiger partial charge in [-0.1, -0.05) is 12.1 Å². The van der Waals surface area contributed by atoms with Crippen molar-refractivity contribution in [3.05, 3.63) is 29.8 Å². The first kappa shape index (κ1) is 26.3. The molecule has 0 bridgehead atoms. The largest absolute Gasteiger partial charge is 0.508 e. The number of aromatic hydroxyl groups is 1. The van der Waals surface area contributed by atoms with Crippen LogP contribution in [0.1, 0.15) is 18.4 Å². The van der Waals surface area contributed by atoms with Crippen LogP contribution in [0.3, 0.4) is 0 Å². The number of hydrogen-bond donors (Lipinski definition) is 8. The Morgan fingerprint density at radius 1 is 0.969 bits per heavy atom. The molecule has 1 aromatic rings. The minimum absolute atomic E-state index is 0.00491. The highest BCUT2D eigenvalue weighted by Gasteiger charge is 2.25. The summed E-state index contributed by atoms with van der Waals surface area (Å²) in [6, 6.07) is 1.91. The van der Waals surface area contributed by atoms with Gasteiger partial charge in [-0.25, -0.2) is 4.79 Å². The van der Waals surface area contributed by atoms with E-state index in [2.05, 4.69) is 16.0 Å². The highest BCUT2D eigenvalue weighted by Crippen LogP contribution is 2.11. The molecule has 1 aromatic carbocycles. The zero-order valence-corrected chi connectivity index (χ0v) is 17.1. The maximum Gasteiger partial charge on any atom is 0.326 e. The molecule has 0 saturated heterocycles. The average Bonchev–Trinajstić information content (AvgIpc) is 2.74. The highest BCUT2D eigenvalue weighted by molar-refractivity contribution is 5.93. The number of aliphatic hydroxyl groups excluding tert-OH is 1. The Labute approximate surface area is 183 Å². The van der Waals surface area contributed by atoms with E-state index in [4.69, 9.17) is 16.6 Å². The van der Waals surface area contributed by atoms with E-state index in [0.717, 1.165) is 0 Å². The molecule has 13 nitrogen and oxygen atoms in total. The van der Waals surface area contributed by atoms with Crippen molar-refractivity contribution >= 4 is 29.6 Å². The Morgan fingerprint density at radius 3 is 2.12 bits per heavy atom. The van der Waals surface area contributed by atoms with Gasteiger partial charge >= 0.3 is 5.97 Å². The van der Waals surface area contributed by atoms with E-state index in [1.807, 2.05) is 0 Å². The summed E-state index contributed by atoms with van der Waals surface area (Å²) in [7, 11) is 0. The summed E-state index contributed by atoms with van der Waals surface area (Å²) in [5.41, 5.74) is 11.0. The van der Waals surface area contributed by atoms with Crippen LogP contribution in [-0.4, -0.2) is 76.2 Å². The van der Waals surface area contributed by atoms with E-state index in [-0.39, 0.29) is 25.0 Å². The van der Waals surface area contributed by atoms with Crippen molar-refractivity contribution in [1.29, 1.82) is 0 Å². The zero-order valence-electron chi connectivity index (χ0n) is 17.1. The van der Waals surface area contributed by atoms with Gasteiger partial charge in [0.2, 0.25) is 23.6 Å². The number of aliphatic carboxylic acids is 1. The number of rotatable bonds is 13. The number of hydrogen-bond acceptors (Lipinski definition) is 8. The van der Waals surface area contributed by atoms with Gasteiger partial charge in [-0.2, -0.15) is 0 Å². The quantitative estimate of drug-likeness (QED) is 0.149. The second-order valence-electron chi connectivity index (χ2n) is 6.90. The fourth-order valence-electron chi connectivity index (χ4n) is 2.52. The van der Waals surface area contributed by atoms with Crippen LogP contribution in [-0.2, 0) is 30.4 Å². The van der Waals surface area contributed by atoms with Gasteiger partial charge in [0.15, 0.2) is 0 Å². The van der Waals surface area contributed by atoms with Crippen molar-refractivity contribution in [2.24, 2.45) is 11.5 Å². The van der Waals surface area contributed by atoms with Gasteiger partial charge in [-0.15, -0.1) is 0 Å². The Balaban J connectivity index is 2.68. The van der Waals surface area contributed by atoms with Crippen molar-refractivity contribution in [3.63, 3.8) is 0 Å². The lowest BCUT2D eigenvalue weighted by Crippen LogP contribution is -2.54. The summed E-state index contributed by atoms with van der Waals surface area (Å²) in [5, 5.41) is 34.3. The molecule has 0 radical (unpaired) electrons. The van der Waals surface area contributed by atoms with Crippen LogP contribution in [0.2, 0.25) is 0 Å². The van der Waals surface area contributed by atoms with E-state index < -0.39 is 60.9 Å². The van der Waals surface area contributed by atoms with Gasteiger partial charge in [0.25, 0.3) is 0 Å². The number of phenols is 1. The van der Waals surface area contributed by atoms with Gasteiger partial charge in [0.05, 0.1) is 13.2 Å². The van der Waals surface area contributed by atoms with E-state index >= 15 is 0 Å². The van der Waals surface area contributed by atoms with Crippen LogP contribution in [0.15, 0.2) is 24.3 Å². The molecule has 0 spiro atoms. The Hall–Kier alpha value is -3.71. The van der Waals surface area contributed by atoms with Crippen molar-refractivity contribution in [3.8, 4) is 5.75 Å². The first-order chi connectivity index (χ1) is 15.0. The molecule has 3 unspecified atom stereocenters. The molecule has 0 heterocycles. The van der Waals surface area contributed by atoms with Gasteiger partial charge in [0, 0.05) is 12.8 Å². The fraction of sp³-hybridized carbons (Fsp3) is 0.421. The smallest absolute Gasteiger partial charge is 0.326 e. The first-order valence-electron chi connectivity index (χ1n) is 9.56. The predicted molar refractivity (Wildman–Crippen MR) is 110 cm³/mol. The molecule has 0 aliphatic rings. The van der Waals surface area contributed by atoms with Crippen LogP contribution in [0.5, 0.6) is 5.75 Å². The van der Waals surface area contributed by atoms with Crippen LogP contribution in [0, 0.1) is 0 Å². The number of nitrogens with one attached hydrogen (secondary N) is 3. The predicted octanol–water partition coefficient (Wildman–Crippen LogP) is -3.31. The van der Waals surface area contributed by atoms with E-state index in [1.54, 1.807) is 0 Å². The summed E-state index contributed by atoms with van der Waals surface area (Å²) < 4.78 is 0. The van der Waals surface area contributed by atoms with Gasteiger partial charge < -0.3 is 42.7 Å². The summed E-state index contributed by atoms with van der Waals surface area (Å²) in [6.45, 7) is -1.27. The van der Waals surface area contributed by atoms with Crippen LogP contribution in [0.25, 0.3) is 0 Å². The molecule has 176 valence electrons. The monoisotopic (exact) mass is 453 g/mol. The normalized spacial score (nSPS) is 13.3. The average molecular weight is 453 g/mol. The van der Waals surface area contributed by atoms with E-state index in [0.29, 0.717) is 5.56 Å². The highest BCUT2D eigenvalue weighted by atomic mass is 16.4. The third kappa shape index (κ3) is 9.40. The molecular weight excluding hydrogens is 426 g/mol. The number of amides is 4. The van der Waals surface area contributed by atoms with Gasteiger partial charge in [-0.3, -0.25) is 19.2 Å². The lowest BCUT2D eigenvalue weighted by molar-refractivity contribution is -0.141. The maximum absolute atomic E-state index is 12.3. The van der Waals surface area contributed by atoms with Crippen molar-refractivity contribution in [2.45, 2.75) is 37.4 Å². The third-order valence-corrected chi connectivity index (χ3v) is 4.28. The lowest BCUT2D eigenvalue weighted by atomic mass is 10.1. The minimum Gasteiger partial charge on any atom is -0.508 e. The number of nitrogens with two attached hydrogens (primary N) is 2. The molecule has 4 amide bonds. The standard InChI is InChI=1S/C19H27N5O8/c20-12(9-25)17(29)24-13(5-6-15(21)27)18(30)22-8-16(28)23-14(19(31)32)7-10-1-3-11(26)4-2-10/h1-4,12-14,25-26H,5-9,20H2,(H2,21,27)(H,22,30)(H,23,28)(H,24,29)(H,31,32). The van der Waals surface area contributed by atoms with Crippen LogP contribution in [0.4, 0.5) is 0 Å². The number of aliphatic hydroxyl groups is 1. The Kier molecular flexibility index (Phi) is 10.6. The molecule has 1 rings (SSSR count). The first-order valence-corrected chi connectivity index (χ1v) is 9.56. The molecule has 3 atom stereocenters. The zero-order chi connectivity index (χ0) is 24.3. The number of carbonyl (C=O) groups is 5. The summed E-state index contributed by atoms with van der Waals surface area (Å²) in [5.74, 6) is -4.50. The molecule has 10 N–H and O–H groups in total. The van der Waals surface area contributed by atoms with Crippen molar-refractivity contribution < 1.29 is 39.3 Å². The summed E-state index contributed by atoms with van der Waals surface area (Å²) >= 11 is 0. The third-order valence-electron chi connectivity index (χ3n) is 4.28. The SMILES string of the molecule is NC(=O)CCC(NC(=O)C(N)CO)C(=O)NCC(=O)NC(Cc1ccc(O)cc1)C(=O)O.